The fourth-order valence-corrected chi connectivity index (χ4v) is 4.00. The van der Waals surface area contributed by atoms with Crippen LogP contribution in [0.4, 0.5) is 4.39 Å². The number of halogens is 1. The molecule has 170 valence electrons. The number of rotatable bonds is 6. The number of nitrogens with one attached hydrogen (secondary N) is 1. The lowest BCUT2D eigenvalue weighted by molar-refractivity contribution is 0.0725. The molecule has 0 spiro atoms. The minimum atomic E-state index is -0.324. The van der Waals surface area contributed by atoms with E-state index in [0.29, 0.717) is 34.9 Å². The third-order valence-electron chi connectivity index (χ3n) is 5.76. The summed E-state index contributed by atoms with van der Waals surface area (Å²) < 4.78 is 18.4. The van der Waals surface area contributed by atoms with Crippen LogP contribution >= 0.6 is 0 Å². The number of ether oxygens (including phenoxy) is 1. The third-order valence-corrected chi connectivity index (χ3v) is 5.76. The molecule has 3 aromatic rings. The van der Waals surface area contributed by atoms with Crippen LogP contribution in [-0.4, -0.2) is 40.3 Å². The summed E-state index contributed by atoms with van der Waals surface area (Å²) >= 11 is 0. The topological polar surface area (TPSA) is 84.4 Å². The van der Waals surface area contributed by atoms with Gasteiger partial charge in [-0.3, -0.25) is 9.59 Å². The van der Waals surface area contributed by atoms with Gasteiger partial charge < -0.3 is 15.0 Å². The minimum absolute atomic E-state index is 0.127. The van der Waals surface area contributed by atoms with Gasteiger partial charge in [-0.25, -0.2) is 14.4 Å². The molecule has 2 amide bonds. The Morgan fingerprint density at radius 3 is 2.64 bits per heavy atom. The first-order chi connectivity index (χ1) is 16.0. The molecule has 8 heteroatoms. The van der Waals surface area contributed by atoms with E-state index in [1.165, 1.54) is 18.3 Å². The molecule has 1 aliphatic rings. The predicted octanol–water partition coefficient (Wildman–Crippen LogP) is 3.84. The molecule has 1 saturated heterocycles. The average Bonchev–Trinajstić information content (AvgIpc) is 3.33. The maximum atomic E-state index is 13.2. The minimum Gasteiger partial charge on any atom is -0.496 e. The highest BCUT2D eigenvalue weighted by atomic mass is 19.1. The molecule has 2 heterocycles. The number of para-hydroxylation sites is 1. The van der Waals surface area contributed by atoms with Crippen molar-refractivity contribution in [2.75, 3.05) is 13.7 Å². The van der Waals surface area contributed by atoms with Crippen molar-refractivity contribution in [2.24, 2.45) is 0 Å². The number of carbonyl (C=O) groups is 2. The second kappa shape index (κ2) is 9.77. The van der Waals surface area contributed by atoms with Crippen molar-refractivity contribution in [3.8, 4) is 5.75 Å². The molecule has 0 bridgehead atoms. The number of likely N-dealkylation sites (tertiary alicyclic amines) is 1. The highest BCUT2D eigenvalue weighted by Crippen LogP contribution is 2.33. The van der Waals surface area contributed by atoms with E-state index in [2.05, 4.69) is 15.3 Å². The Balaban J connectivity index is 1.49. The first-order valence-electron chi connectivity index (χ1n) is 10.8. The molecule has 4 rings (SSSR count). The Labute approximate surface area is 191 Å². The van der Waals surface area contributed by atoms with Gasteiger partial charge >= 0.3 is 0 Å². The molecule has 1 aliphatic heterocycles. The molecule has 1 N–H and O–H groups in total. The van der Waals surface area contributed by atoms with E-state index in [0.717, 1.165) is 18.4 Å². The van der Waals surface area contributed by atoms with Crippen LogP contribution in [0, 0.1) is 12.7 Å². The average molecular weight is 448 g/mol. The van der Waals surface area contributed by atoms with E-state index in [9.17, 15) is 14.0 Å². The molecule has 2 aromatic carbocycles. The largest absolute Gasteiger partial charge is 0.496 e. The monoisotopic (exact) mass is 448 g/mol. The van der Waals surface area contributed by atoms with E-state index in [1.807, 2.05) is 6.07 Å². The van der Waals surface area contributed by atoms with Crippen LogP contribution in [0.25, 0.3) is 0 Å². The van der Waals surface area contributed by atoms with Gasteiger partial charge in [0.25, 0.3) is 11.8 Å². The summed E-state index contributed by atoms with van der Waals surface area (Å²) in [4.78, 5) is 36.6. The number of carbonyl (C=O) groups excluding carboxylic acids is 2. The number of hydrogen-bond acceptors (Lipinski definition) is 5. The first-order valence-corrected chi connectivity index (χ1v) is 10.8. The van der Waals surface area contributed by atoms with Crippen LogP contribution in [0.15, 0.2) is 54.7 Å². The van der Waals surface area contributed by atoms with Crippen molar-refractivity contribution < 1.29 is 18.7 Å². The van der Waals surface area contributed by atoms with Gasteiger partial charge in [-0.05, 0) is 49.6 Å². The first kappa shape index (κ1) is 22.4. The number of benzene rings is 2. The zero-order valence-corrected chi connectivity index (χ0v) is 18.5. The van der Waals surface area contributed by atoms with Crippen molar-refractivity contribution in [3.63, 3.8) is 0 Å². The van der Waals surface area contributed by atoms with Gasteiger partial charge in [-0.1, -0.05) is 24.3 Å². The molecule has 7 nitrogen and oxygen atoms in total. The molecule has 0 saturated carbocycles. The Morgan fingerprint density at radius 2 is 1.91 bits per heavy atom. The second-order valence-electron chi connectivity index (χ2n) is 7.89. The Morgan fingerprint density at radius 1 is 1.15 bits per heavy atom. The summed E-state index contributed by atoms with van der Waals surface area (Å²) in [7, 11) is 1.54. The number of hydrogen-bond donors (Lipinski definition) is 1. The third kappa shape index (κ3) is 4.84. The molecule has 1 atom stereocenters. The van der Waals surface area contributed by atoms with Crippen molar-refractivity contribution in [1.82, 2.24) is 20.2 Å². The Hall–Kier alpha value is -3.81. The quantitative estimate of drug-likeness (QED) is 0.619. The van der Waals surface area contributed by atoms with Gasteiger partial charge in [0.05, 0.1) is 30.0 Å². The highest BCUT2D eigenvalue weighted by Gasteiger charge is 2.34. The van der Waals surface area contributed by atoms with E-state index in [1.54, 1.807) is 49.3 Å². The predicted molar refractivity (Wildman–Crippen MR) is 120 cm³/mol. The van der Waals surface area contributed by atoms with Crippen LogP contribution in [0.2, 0.25) is 0 Å². The zero-order valence-electron chi connectivity index (χ0n) is 18.5. The van der Waals surface area contributed by atoms with E-state index in [4.69, 9.17) is 4.74 Å². The molecule has 1 fully saturated rings. The second-order valence-corrected chi connectivity index (χ2v) is 7.89. The van der Waals surface area contributed by atoms with Gasteiger partial charge in [0.2, 0.25) is 0 Å². The van der Waals surface area contributed by atoms with Crippen LogP contribution in [0.1, 0.15) is 56.7 Å². The summed E-state index contributed by atoms with van der Waals surface area (Å²) in [5.74, 6) is 0.283. The van der Waals surface area contributed by atoms with Gasteiger partial charge in [0.1, 0.15) is 11.6 Å². The van der Waals surface area contributed by atoms with Crippen molar-refractivity contribution in [3.05, 3.63) is 88.8 Å². The molecular formula is C25H25FN4O3. The fourth-order valence-electron chi connectivity index (χ4n) is 4.00. The van der Waals surface area contributed by atoms with Gasteiger partial charge in [0.15, 0.2) is 5.82 Å². The van der Waals surface area contributed by atoms with Crippen LogP contribution in [-0.2, 0) is 6.54 Å². The molecule has 0 radical (unpaired) electrons. The van der Waals surface area contributed by atoms with Crippen molar-refractivity contribution in [1.29, 1.82) is 0 Å². The standard InChI is InChI=1S/C25H25FN4O3/c1-16-20(24(31)28-14-17-9-11-18(26)12-10-17)15-27-23(29-16)21-7-5-13-30(21)25(32)19-6-3-4-8-22(19)33-2/h3-4,6,8-12,15,21H,5,7,13-14H2,1-2H3,(H,28,31)/t21-/m0/s1. The van der Waals surface area contributed by atoms with Gasteiger partial charge in [0, 0.05) is 19.3 Å². The molecule has 0 unspecified atom stereocenters. The summed E-state index contributed by atoms with van der Waals surface area (Å²) in [6, 6.07) is 12.8. The number of nitrogens with zero attached hydrogens (tertiary/aromatic N) is 3. The smallest absolute Gasteiger partial charge is 0.258 e. The summed E-state index contributed by atoms with van der Waals surface area (Å²) in [5, 5.41) is 2.81. The number of amides is 2. The molecule has 0 aliphatic carbocycles. The van der Waals surface area contributed by atoms with Crippen LogP contribution in [0.3, 0.4) is 0 Å². The van der Waals surface area contributed by atoms with E-state index in [-0.39, 0.29) is 30.2 Å². The summed E-state index contributed by atoms with van der Waals surface area (Å²) in [6.45, 7) is 2.62. The molecule has 33 heavy (non-hydrogen) atoms. The summed E-state index contributed by atoms with van der Waals surface area (Å²) in [5.41, 5.74) is 2.19. The number of aromatic nitrogens is 2. The Bertz CT molecular complexity index is 1170. The number of aryl methyl sites for hydroxylation is 1. The van der Waals surface area contributed by atoms with Gasteiger partial charge in [-0.15, -0.1) is 0 Å². The van der Waals surface area contributed by atoms with Crippen LogP contribution < -0.4 is 10.1 Å². The molecule has 1 aromatic heterocycles. The van der Waals surface area contributed by atoms with Gasteiger partial charge in [-0.2, -0.15) is 0 Å². The lowest BCUT2D eigenvalue weighted by Gasteiger charge is -2.24. The van der Waals surface area contributed by atoms with E-state index < -0.39 is 0 Å². The van der Waals surface area contributed by atoms with Crippen molar-refractivity contribution >= 4 is 11.8 Å². The molecular weight excluding hydrogens is 423 g/mol. The fraction of sp³-hybridized carbons (Fsp3) is 0.280. The Kier molecular flexibility index (Phi) is 6.63. The lowest BCUT2D eigenvalue weighted by atomic mass is 10.1. The SMILES string of the molecule is COc1ccccc1C(=O)N1CCC[C@H]1c1ncc(C(=O)NCc2ccc(F)cc2)c(C)n1. The van der Waals surface area contributed by atoms with Crippen LogP contribution in [0.5, 0.6) is 5.75 Å². The maximum absolute atomic E-state index is 13.2. The zero-order chi connectivity index (χ0) is 23.4. The highest BCUT2D eigenvalue weighted by molar-refractivity contribution is 5.97. The summed E-state index contributed by atoms with van der Waals surface area (Å²) in [6.07, 6.45) is 3.09. The van der Waals surface area contributed by atoms with E-state index >= 15 is 0 Å². The van der Waals surface area contributed by atoms with Crippen molar-refractivity contribution in [2.45, 2.75) is 32.4 Å². The normalized spacial score (nSPS) is 15.4. The number of methoxy groups -OCH3 is 1. The maximum Gasteiger partial charge on any atom is 0.258 e. The lowest BCUT2D eigenvalue weighted by Crippen LogP contribution is -2.32.